The van der Waals surface area contributed by atoms with Gasteiger partial charge in [-0.2, -0.15) is 0 Å². The third-order valence-electron chi connectivity index (χ3n) is 7.54. The van der Waals surface area contributed by atoms with E-state index in [1.165, 1.54) is 4.88 Å². The molecule has 214 valence electrons. The van der Waals surface area contributed by atoms with Gasteiger partial charge in [-0.1, -0.05) is 51.1 Å². The highest BCUT2D eigenvalue weighted by Crippen LogP contribution is 2.45. The van der Waals surface area contributed by atoms with Crippen LogP contribution in [0.2, 0.25) is 0 Å². The molecule has 6 nitrogen and oxygen atoms in total. The molecule has 8 heteroatoms. The summed E-state index contributed by atoms with van der Waals surface area (Å²) >= 11 is 5.30. The van der Waals surface area contributed by atoms with Crippen molar-refractivity contribution in [3.63, 3.8) is 0 Å². The summed E-state index contributed by atoms with van der Waals surface area (Å²) in [4.78, 5) is 19.7. The van der Waals surface area contributed by atoms with Gasteiger partial charge >= 0.3 is 0 Å². The summed E-state index contributed by atoms with van der Waals surface area (Å²) < 4.78 is 17.9. The molecule has 1 aliphatic rings. The van der Waals surface area contributed by atoms with Crippen molar-refractivity contribution in [3.05, 3.63) is 98.2 Å². The van der Waals surface area contributed by atoms with Crippen LogP contribution in [0.25, 0.3) is 0 Å². The van der Waals surface area contributed by atoms with Gasteiger partial charge in [0, 0.05) is 21.1 Å². The Kier molecular flexibility index (Phi) is 9.00. The van der Waals surface area contributed by atoms with E-state index in [2.05, 4.69) is 42.0 Å². The second-order valence-corrected chi connectivity index (χ2v) is 13.2. The lowest BCUT2D eigenvalue weighted by Gasteiger charge is -2.33. The van der Waals surface area contributed by atoms with E-state index in [9.17, 15) is 4.79 Å². The molecule has 0 radical (unpaired) electrons. The van der Waals surface area contributed by atoms with Gasteiger partial charge in [-0.05, 0) is 81.9 Å². The van der Waals surface area contributed by atoms with Crippen LogP contribution in [0.4, 0.5) is 5.00 Å². The Morgan fingerprint density at radius 2 is 1.98 bits per heavy atom. The molecule has 0 saturated carbocycles. The van der Waals surface area contributed by atoms with Crippen molar-refractivity contribution >= 4 is 44.4 Å². The largest absolute Gasteiger partial charge is 0.493 e. The van der Waals surface area contributed by atoms with Crippen LogP contribution in [0, 0.1) is 11.3 Å². The molecule has 4 aromatic rings. The molecule has 0 bridgehead atoms. The highest BCUT2D eigenvalue weighted by molar-refractivity contribution is 9.10. The zero-order valence-electron chi connectivity index (χ0n) is 23.8. The number of furan rings is 1. The van der Waals surface area contributed by atoms with Gasteiger partial charge < -0.3 is 19.2 Å². The van der Waals surface area contributed by atoms with Crippen molar-refractivity contribution in [1.82, 2.24) is 5.32 Å². The Hall–Kier alpha value is -3.36. The van der Waals surface area contributed by atoms with Crippen molar-refractivity contribution in [3.8, 4) is 11.5 Å². The summed E-state index contributed by atoms with van der Waals surface area (Å²) in [5.41, 5.74) is 3.91. The minimum atomic E-state index is -0.124. The first-order chi connectivity index (χ1) is 19.7. The lowest BCUT2D eigenvalue weighted by molar-refractivity contribution is 0.0947. The molecule has 0 fully saturated rings. The van der Waals surface area contributed by atoms with Crippen molar-refractivity contribution in [1.29, 1.82) is 0 Å². The molecule has 1 aliphatic carbocycles. The first-order valence-electron chi connectivity index (χ1n) is 13.8. The smallest absolute Gasteiger partial charge is 0.255 e. The Balaban J connectivity index is 1.42. The van der Waals surface area contributed by atoms with Gasteiger partial charge in [-0.15, -0.1) is 11.3 Å². The average molecular weight is 636 g/mol. The van der Waals surface area contributed by atoms with Gasteiger partial charge in [-0.25, -0.2) is 4.99 Å². The number of ether oxygens (including phenoxy) is 2. The monoisotopic (exact) mass is 634 g/mol. The molecule has 0 saturated heterocycles. The summed E-state index contributed by atoms with van der Waals surface area (Å²) in [6.07, 6.45) is 6.29. The van der Waals surface area contributed by atoms with Crippen molar-refractivity contribution in [2.75, 3.05) is 7.11 Å². The zero-order chi connectivity index (χ0) is 29.0. The van der Waals surface area contributed by atoms with Crippen LogP contribution < -0.4 is 14.8 Å². The third kappa shape index (κ3) is 6.93. The maximum atomic E-state index is 13.5. The Morgan fingerprint density at radius 3 is 2.68 bits per heavy atom. The maximum absolute atomic E-state index is 13.5. The van der Waals surface area contributed by atoms with Crippen LogP contribution in [-0.2, 0) is 26.0 Å². The predicted octanol–water partition coefficient (Wildman–Crippen LogP) is 8.52. The normalized spacial score (nSPS) is 15.1. The average Bonchev–Trinajstić information content (AvgIpc) is 3.61. The second kappa shape index (κ2) is 12.7. The van der Waals surface area contributed by atoms with Gasteiger partial charge in [0.1, 0.15) is 17.4 Å². The van der Waals surface area contributed by atoms with E-state index < -0.39 is 0 Å². The Morgan fingerprint density at radius 1 is 1.17 bits per heavy atom. The summed E-state index contributed by atoms with van der Waals surface area (Å²) in [6, 6.07) is 17.5. The molecule has 0 unspecified atom stereocenters. The van der Waals surface area contributed by atoms with Crippen LogP contribution in [0.5, 0.6) is 11.5 Å². The van der Waals surface area contributed by atoms with Crippen LogP contribution in [0.3, 0.4) is 0 Å². The number of fused-ring (bicyclic) bond motifs is 1. The van der Waals surface area contributed by atoms with Gasteiger partial charge in [0.2, 0.25) is 0 Å². The van der Waals surface area contributed by atoms with E-state index in [0.29, 0.717) is 41.9 Å². The van der Waals surface area contributed by atoms with Gasteiger partial charge in [0.25, 0.3) is 5.91 Å². The number of hydrogen-bond acceptors (Lipinski definition) is 6. The fraction of sp³-hybridized carbons (Fsp3) is 0.333. The number of amides is 1. The standard InChI is InChI=1S/C33H35BrN2O4S/c1-33(2,3)23-12-13-25-29(16-23)41-32(30(25)31(37)35-19-24-11-8-14-39-24)36-18-22-15-27(38-4)28(17-26(22)34)40-20-21-9-6-5-7-10-21/h5-11,14-15,17-18,23H,12-13,16,19-20H2,1-4H3,(H,35,37)/t23-/m0/s1. The van der Waals surface area contributed by atoms with Gasteiger partial charge in [-0.3, -0.25) is 4.79 Å². The number of methoxy groups -OCH3 is 1. The quantitative estimate of drug-likeness (QED) is 0.187. The molecule has 2 aromatic heterocycles. The van der Waals surface area contributed by atoms with Crippen molar-refractivity contribution in [2.24, 2.45) is 16.3 Å². The number of carbonyl (C=O) groups is 1. The number of nitrogens with zero attached hydrogens (tertiary/aromatic N) is 1. The molecule has 1 amide bonds. The molecule has 41 heavy (non-hydrogen) atoms. The maximum Gasteiger partial charge on any atom is 0.255 e. The number of halogens is 1. The molecule has 2 aromatic carbocycles. The second-order valence-electron chi connectivity index (χ2n) is 11.3. The molecule has 2 heterocycles. The predicted molar refractivity (Wildman–Crippen MR) is 168 cm³/mol. The number of aliphatic imine (C=N–C) groups is 1. The molecule has 1 N–H and O–H groups in total. The van der Waals surface area contributed by atoms with Gasteiger partial charge in [0.15, 0.2) is 11.5 Å². The van der Waals surface area contributed by atoms with Crippen LogP contribution in [-0.4, -0.2) is 19.2 Å². The van der Waals surface area contributed by atoms with Crippen LogP contribution in [0.1, 0.15) is 64.9 Å². The lowest BCUT2D eigenvalue weighted by Crippen LogP contribution is -2.28. The van der Waals surface area contributed by atoms with E-state index in [1.807, 2.05) is 54.6 Å². The molecular weight excluding hydrogens is 600 g/mol. The summed E-state index contributed by atoms with van der Waals surface area (Å²) in [7, 11) is 1.62. The number of nitrogens with one attached hydrogen (secondary N) is 1. The molecule has 0 spiro atoms. The molecule has 5 rings (SSSR count). The van der Waals surface area contributed by atoms with E-state index >= 15 is 0 Å². The highest BCUT2D eigenvalue weighted by Gasteiger charge is 2.33. The molecule has 0 aliphatic heterocycles. The minimum absolute atomic E-state index is 0.124. The van der Waals surface area contributed by atoms with E-state index in [-0.39, 0.29) is 11.3 Å². The number of benzene rings is 2. The zero-order valence-corrected chi connectivity index (χ0v) is 26.2. The first-order valence-corrected chi connectivity index (χ1v) is 15.4. The Labute approximate surface area is 253 Å². The summed E-state index contributed by atoms with van der Waals surface area (Å²) in [5.74, 6) is 2.40. The van der Waals surface area contributed by atoms with E-state index in [1.54, 1.807) is 30.9 Å². The fourth-order valence-electron chi connectivity index (χ4n) is 5.09. The number of hydrogen-bond donors (Lipinski definition) is 1. The Bertz CT molecular complexity index is 1520. The summed E-state index contributed by atoms with van der Waals surface area (Å²) in [6.45, 7) is 7.65. The van der Waals surface area contributed by atoms with Crippen molar-refractivity contribution in [2.45, 2.75) is 53.2 Å². The van der Waals surface area contributed by atoms with Gasteiger partial charge in [0.05, 0.1) is 25.5 Å². The fourth-order valence-corrected chi connectivity index (χ4v) is 6.78. The number of thiophene rings is 1. The summed E-state index contributed by atoms with van der Waals surface area (Å²) in [5, 5.41) is 3.76. The SMILES string of the molecule is COc1cc(C=Nc2sc3c(c2C(=O)NCc2ccco2)CC[C@H](C(C)(C)C)C3)c(Br)cc1OCc1ccccc1. The third-order valence-corrected chi connectivity index (χ3v) is 9.39. The topological polar surface area (TPSA) is 73.1 Å². The highest BCUT2D eigenvalue weighted by atomic mass is 79.9. The molecular formula is C33H35BrN2O4S. The first kappa shape index (κ1) is 29.1. The van der Waals surface area contributed by atoms with Crippen LogP contribution in [0.15, 0.2) is 74.7 Å². The number of rotatable bonds is 9. The number of carbonyl (C=O) groups excluding carboxylic acids is 1. The van der Waals surface area contributed by atoms with E-state index in [0.717, 1.165) is 45.4 Å². The molecule has 1 atom stereocenters. The minimum Gasteiger partial charge on any atom is -0.493 e. The van der Waals surface area contributed by atoms with Crippen LogP contribution >= 0.6 is 27.3 Å². The lowest BCUT2D eigenvalue weighted by atomic mass is 9.72. The van der Waals surface area contributed by atoms with Crippen molar-refractivity contribution < 1.29 is 18.7 Å². The van der Waals surface area contributed by atoms with E-state index in [4.69, 9.17) is 18.9 Å².